The Hall–Kier alpha value is -1.11. The fourth-order valence-corrected chi connectivity index (χ4v) is 1.91. The molecule has 88 valence electrons. The summed E-state index contributed by atoms with van der Waals surface area (Å²) in [5.41, 5.74) is 5.88. The molecule has 1 aliphatic rings. The summed E-state index contributed by atoms with van der Waals surface area (Å²) >= 11 is 5.95. The monoisotopic (exact) mass is 244 g/mol. The fraction of sp³-hybridized carbons (Fsp3) is 0.556. The first-order chi connectivity index (χ1) is 7.63. The lowest BCUT2D eigenvalue weighted by Gasteiger charge is -2.38. The zero-order chi connectivity index (χ0) is 11.7. The molecule has 0 aromatic carbocycles. The van der Waals surface area contributed by atoms with Gasteiger partial charge in [0.05, 0.1) is 25.0 Å². The SMILES string of the molecule is NC1CN(c2cnn(CCO)c(=O)c2Cl)C1. The van der Waals surface area contributed by atoms with Crippen LogP contribution in [-0.2, 0) is 6.54 Å². The summed E-state index contributed by atoms with van der Waals surface area (Å²) in [6.07, 6.45) is 1.53. The van der Waals surface area contributed by atoms with Gasteiger partial charge in [-0.15, -0.1) is 0 Å². The lowest BCUT2D eigenvalue weighted by molar-refractivity contribution is 0.266. The van der Waals surface area contributed by atoms with E-state index in [2.05, 4.69) is 5.10 Å². The van der Waals surface area contributed by atoms with E-state index >= 15 is 0 Å². The maximum absolute atomic E-state index is 11.7. The van der Waals surface area contributed by atoms with Crippen molar-refractivity contribution in [2.75, 3.05) is 24.6 Å². The molecule has 0 saturated carbocycles. The summed E-state index contributed by atoms with van der Waals surface area (Å²) in [5.74, 6) is 0. The van der Waals surface area contributed by atoms with Crippen molar-refractivity contribution in [3.8, 4) is 0 Å². The number of nitrogens with zero attached hydrogens (tertiary/aromatic N) is 3. The van der Waals surface area contributed by atoms with Crippen LogP contribution in [0.2, 0.25) is 5.02 Å². The van der Waals surface area contributed by atoms with Crippen molar-refractivity contribution in [3.63, 3.8) is 0 Å². The minimum absolute atomic E-state index is 0.135. The third-order valence-electron chi connectivity index (χ3n) is 2.53. The van der Waals surface area contributed by atoms with Gasteiger partial charge in [-0.2, -0.15) is 5.10 Å². The van der Waals surface area contributed by atoms with Crippen LogP contribution in [0.4, 0.5) is 5.69 Å². The van der Waals surface area contributed by atoms with Gasteiger partial charge in [-0.05, 0) is 0 Å². The smallest absolute Gasteiger partial charge is 0.287 e. The number of hydrogen-bond donors (Lipinski definition) is 2. The minimum atomic E-state index is -0.381. The highest BCUT2D eigenvalue weighted by atomic mass is 35.5. The predicted molar refractivity (Wildman–Crippen MR) is 60.8 cm³/mol. The number of aromatic nitrogens is 2. The van der Waals surface area contributed by atoms with Crippen molar-refractivity contribution in [2.24, 2.45) is 5.73 Å². The fourth-order valence-electron chi connectivity index (χ4n) is 1.64. The number of rotatable bonds is 3. The highest BCUT2D eigenvalue weighted by Gasteiger charge is 2.26. The second kappa shape index (κ2) is 4.40. The third-order valence-corrected chi connectivity index (χ3v) is 2.88. The molecule has 2 heterocycles. The highest BCUT2D eigenvalue weighted by Crippen LogP contribution is 2.24. The van der Waals surface area contributed by atoms with Gasteiger partial charge in [0.1, 0.15) is 5.02 Å². The maximum Gasteiger partial charge on any atom is 0.287 e. The molecular formula is C9H13ClN4O2. The van der Waals surface area contributed by atoms with E-state index in [1.165, 1.54) is 6.20 Å². The second-order valence-corrected chi connectivity index (χ2v) is 4.14. The number of hydrogen-bond acceptors (Lipinski definition) is 5. The van der Waals surface area contributed by atoms with E-state index in [0.717, 1.165) is 4.68 Å². The summed E-state index contributed by atoms with van der Waals surface area (Å²) < 4.78 is 1.14. The summed E-state index contributed by atoms with van der Waals surface area (Å²) in [5, 5.41) is 12.8. The highest BCUT2D eigenvalue weighted by molar-refractivity contribution is 6.33. The van der Waals surface area contributed by atoms with Gasteiger partial charge in [0, 0.05) is 19.1 Å². The van der Waals surface area contributed by atoms with E-state index in [1.54, 1.807) is 0 Å². The van der Waals surface area contributed by atoms with E-state index in [9.17, 15) is 4.79 Å². The van der Waals surface area contributed by atoms with Gasteiger partial charge >= 0.3 is 0 Å². The van der Waals surface area contributed by atoms with Crippen molar-refractivity contribution in [3.05, 3.63) is 21.6 Å². The first-order valence-electron chi connectivity index (χ1n) is 5.00. The summed E-state index contributed by atoms with van der Waals surface area (Å²) in [4.78, 5) is 13.6. The second-order valence-electron chi connectivity index (χ2n) is 3.76. The molecule has 0 atom stereocenters. The average molecular weight is 245 g/mol. The van der Waals surface area contributed by atoms with Gasteiger partial charge < -0.3 is 15.7 Å². The zero-order valence-electron chi connectivity index (χ0n) is 8.64. The minimum Gasteiger partial charge on any atom is -0.394 e. The van der Waals surface area contributed by atoms with Crippen molar-refractivity contribution in [1.82, 2.24) is 9.78 Å². The Balaban J connectivity index is 2.28. The zero-order valence-corrected chi connectivity index (χ0v) is 9.39. The maximum atomic E-state index is 11.7. The molecule has 0 bridgehead atoms. The van der Waals surface area contributed by atoms with Gasteiger partial charge in [0.15, 0.2) is 0 Å². The molecule has 6 nitrogen and oxygen atoms in total. The largest absolute Gasteiger partial charge is 0.394 e. The molecule has 0 unspecified atom stereocenters. The number of halogens is 1. The molecule has 0 spiro atoms. The van der Waals surface area contributed by atoms with Crippen LogP contribution in [0.3, 0.4) is 0 Å². The van der Waals surface area contributed by atoms with Crippen LogP contribution in [0.15, 0.2) is 11.0 Å². The van der Waals surface area contributed by atoms with E-state index in [1.807, 2.05) is 4.90 Å². The van der Waals surface area contributed by atoms with Crippen molar-refractivity contribution < 1.29 is 5.11 Å². The number of nitrogens with two attached hydrogens (primary N) is 1. The molecule has 0 amide bonds. The summed E-state index contributed by atoms with van der Waals surface area (Å²) in [7, 11) is 0. The van der Waals surface area contributed by atoms with Crippen LogP contribution >= 0.6 is 11.6 Å². The van der Waals surface area contributed by atoms with Gasteiger partial charge in [0.25, 0.3) is 5.56 Å². The van der Waals surface area contributed by atoms with Crippen LogP contribution in [0.5, 0.6) is 0 Å². The van der Waals surface area contributed by atoms with Gasteiger partial charge in [-0.3, -0.25) is 4.79 Å². The molecule has 0 radical (unpaired) electrons. The molecule has 0 aliphatic carbocycles. The average Bonchev–Trinajstić information content (AvgIpc) is 2.22. The molecule has 16 heavy (non-hydrogen) atoms. The molecule has 1 aromatic heterocycles. The quantitative estimate of drug-likeness (QED) is 0.715. The van der Waals surface area contributed by atoms with Crippen LogP contribution in [0.1, 0.15) is 0 Å². The van der Waals surface area contributed by atoms with E-state index in [4.69, 9.17) is 22.4 Å². The molecule has 7 heteroatoms. The Morgan fingerprint density at radius 3 is 2.88 bits per heavy atom. The topological polar surface area (TPSA) is 84.4 Å². The molecular weight excluding hydrogens is 232 g/mol. The lowest BCUT2D eigenvalue weighted by Crippen LogP contribution is -2.56. The molecule has 1 aromatic rings. The molecule has 3 N–H and O–H groups in total. The van der Waals surface area contributed by atoms with Crippen LogP contribution in [0, 0.1) is 0 Å². The molecule has 1 aliphatic heterocycles. The normalized spacial score (nSPS) is 16.3. The van der Waals surface area contributed by atoms with E-state index in [0.29, 0.717) is 18.8 Å². The Kier molecular flexibility index (Phi) is 3.13. The molecule has 2 rings (SSSR count). The van der Waals surface area contributed by atoms with Crippen molar-refractivity contribution >= 4 is 17.3 Å². The van der Waals surface area contributed by atoms with Crippen LogP contribution in [-0.4, -0.2) is 40.6 Å². The first kappa shape index (κ1) is 11.4. The van der Waals surface area contributed by atoms with Crippen molar-refractivity contribution in [1.29, 1.82) is 0 Å². The van der Waals surface area contributed by atoms with Gasteiger partial charge in [0.2, 0.25) is 0 Å². The van der Waals surface area contributed by atoms with Crippen molar-refractivity contribution in [2.45, 2.75) is 12.6 Å². The number of aliphatic hydroxyl groups excluding tert-OH is 1. The third kappa shape index (κ3) is 1.91. The molecule has 1 fully saturated rings. The van der Waals surface area contributed by atoms with E-state index < -0.39 is 0 Å². The van der Waals surface area contributed by atoms with Crippen LogP contribution < -0.4 is 16.2 Å². The lowest BCUT2D eigenvalue weighted by atomic mass is 10.1. The standard InChI is InChI=1S/C9H13ClN4O2/c10-8-7(13-4-6(11)5-13)3-12-14(1-2-15)9(8)16/h3,6,15H,1-2,4-5,11H2. The Bertz CT molecular complexity index is 442. The predicted octanol–water partition coefficient (Wildman–Crippen LogP) is -0.964. The number of aliphatic hydroxyl groups is 1. The first-order valence-corrected chi connectivity index (χ1v) is 5.38. The van der Waals surface area contributed by atoms with Crippen LogP contribution in [0.25, 0.3) is 0 Å². The molecule has 1 saturated heterocycles. The van der Waals surface area contributed by atoms with Gasteiger partial charge in [-0.25, -0.2) is 4.68 Å². The Morgan fingerprint density at radius 1 is 1.62 bits per heavy atom. The summed E-state index contributed by atoms with van der Waals surface area (Å²) in [6, 6.07) is 0.135. The van der Waals surface area contributed by atoms with E-state index in [-0.39, 0.29) is 29.8 Å². The Morgan fingerprint density at radius 2 is 2.31 bits per heavy atom. The van der Waals surface area contributed by atoms with Gasteiger partial charge in [-0.1, -0.05) is 11.6 Å². The Labute approximate surface area is 97.2 Å². The number of anilines is 1. The summed E-state index contributed by atoms with van der Waals surface area (Å²) in [6.45, 7) is 1.38.